The highest BCUT2D eigenvalue weighted by Crippen LogP contribution is 2.43. The number of nitrogens with zero attached hydrogens (tertiary/aromatic N) is 3. The lowest BCUT2D eigenvalue weighted by atomic mass is 9.92. The van der Waals surface area contributed by atoms with Crippen LogP contribution < -0.4 is 0 Å². The van der Waals surface area contributed by atoms with Gasteiger partial charge in [0.05, 0.1) is 0 Å². The third-order valence-electron chi connectivity index (χ3n) is 9.74. The number of fused-ring (bicyclic) bond motifs is 6. The van der Waals surface area contributed by atoms with Gasteiger partial charge in [-0.1, -0.05) is 164 Å². The normalized spacial score (nSPS) is 11.5. The van der Waals surface area contributed by atoms with Gasteiger partial charge in [0.2, 0.25) is 0 Å². The monoisotopic (exact) mass is 651 g/mol. The van der Waals surface area contributed by atoms with Gasteiger partial charge in [0.15, 0.2) is 17.5 Å². The quantitative estimate of drug-likeness (QED) is 0.186. The summed E-state index contributed by atoms with van der Waals surface area (Å²) < 4.78 is 6.55. The zero-order chi connectivity index (χ0) is 33.7. The van der Waals surface area contributed by atoms with Gasteiger partial charge in [0.1, 0.15) is 11.2 Å². The van der Waals surface area contributed by atoms with E-state index in [2.05, 4.69) is 127 Å². The molecule has 0 aliphatic rings. The Morgan fingerprint density at radius 3 is 1.65 bits per heavy atom. The van der Waals surface area contributed by atoms with Gasteiger partial charge in [-0.15, -0.1) is 0 Å². The molecule has 0 atom stereocenters. The standard InChI is InChI=1S/C47H29N3O/c1-3-13-31(14-4-1)37-22-12-23-39-43(37)41(29-40-38-20-9-10-24-42(38)51-44(39)40)47-49-45(33-16-5-2-6-17-33)48-46(50-47)34-27-25-32(26-28-34)36-21-11-18-30-15-7-8-19-35(30)36/h1-29H. The molecule has 0 radical (unpaired) electrons. The van der Waals surface area contributed by atoms with Gasteiger partial charge < -0.3 is 4.42 Å². The summed E-state index contributed by atoms with van der Waals surface area (Å²) in [6.07, 6.45) is 0. The molecule has 0 saturated heterocycles. The maximum Gasteiger partial charge on any atom is 0.164 e. The van der Waals surface area contributed by atoms with E-state index >= 15 is 0 Å². The Morgan fingerprint density at radius 1 is 0.333 bits per heavy atom. The Kier molecular flexibility index (Phi) is 6.78. The molecule has 2 aromatic heterocycles. The number of para-hydroxylation sites is 1. The van der Waals surface area contributed by atoms with Gasteiger partial charge in [-0.2, -0.15) is 0 Å². The molecule has 4 nitrogen and oxygen atoms in total. The lowest BCUT2D eigenvalue weighted by Gasteiger charge is -2.14. The van der Waals surface area contributed by atoms with E-state index in [0.29, 0.717) is 17.5 Å². The predicted octanol–water partition coefficient (Wildman–Crippen LogP) is 12.4. The highest BCUT2D eigenvalue weighted by molar-refractivity contribution is 6.21. The Hall–Kier alpha value is -6.91. The molecule has 2 heterocycles. The topological polar surface area (TPSA) is 51.8 Å². The first-order chi connectivity index (χ1) is 25.3. The van der Waals surface area contributed by atoms with E-state index in [1.54, 1.807) is 0 Å². The van der Waals surface area contributed by atoms with Crippen LogP contribution in [0, 0.1) is 0 Å². The second-order valence-electron chi connectivity index (χ2n) is 12.8. The van der Waals surface area contributed by atoms with Crippen molar-refractivity contribution in [1.29, 1.82) is 0 Å². The summed E-state index contributed by atoms with van der Waals surface area (Å²) in [5, 5.41) is 6.59. The molecule has 0 saturated carbocycles. The van der Waals surface area contributed by atoms with Gasteiger partial charge in [0, 0.05) is 38.2 Å². The average Bonchev–Trinajstić information content (AvgIpc) is 3.59. The molecular weight excluding hydrogens is 623 g/mol. The van der Waals surface area contributed by atoms with Gasteiger partial charge >= 0.3 is 0 Å². The third kappa shape index (κ3) is 4.96. The minimum Gasteiger partial charge on any atom is -0.455 e. The maximum atomic E-state index is 6.55. The van der Waals surface area contributed by atoms with E-state index in [-0.39, 0.29) is 0 Å². The number of furan rings is 1. The van der Waals surface area contributed by atoms with Crippen molar-refractivity contribution in [2.45, 2.75) is 0 Å². The van der Waals surface area contributed by atoms with Crippen molar-refractivity contribution in [1.82, 2.24) is 15.0 Å². The van der Waals surface area contributed by atoms with Crippen molar-refractivity contribution in [3.63, 3.8) is 0 Å². The summed E-state index contributed by atoms with van der Waals surface area (Å²) in [6, 6.07) is 61.0. The molecule has 0 aliphatic heterocycles. The van der Waals surface area contributed by atoms with Crippen LogP contribution in [-0.2, 0) is 0 Å². The molecule has 0 unspecified atom stereocenters. The summed E-state index contributed by atoms with van der Waals surface area (Å²) in [4.78, 5) is 15.5. The van der Waals surface area contributed by atoms with Gasteiger partial charge in [-0.3, -0.25) is 0 Å². The largest absolute Gasteiger partial charge is 0.455 e. The van der Waals surface area contributed by atoms with Crippen molar-refractivity contribution in [2.24, 2.45) is 0 Å². The van der Waals surface area contributed by atoms with Crippen molar-refractivity contribution >= 4 is 43.5 Å². The second-order valence-corrected chi connectivity index (χ2v) is 12.8. The maximum absolute atomic E-state index is 6.55. The smallest absolute Gasteiger partial charge is 0.164 e. The lowest BCUT2D eigenvalue weighted by molar-refractivity contribution is 0.672. The molecule has 238 valence electrons. The Labute approximate surface area is 294 Å². The molecule has 0 amide bonds. The molecule has 4 heteroatoms. The fourth-order valence-electron chi connectivity index (χ4n) is 7.31. The van der Waals surface area contributed by atoms with Crippen LogP contribution in [0.5, 0.6) is 0 Å². The van der Waals surface area contributed by atoms with Gasteiger partial charge in [-0.25, -0.2) is 15.0 Å². The lowest BCUT2D eigenvalue weighted by Crippen LogP contribution is -2.01. The molecule has 0 fully saturated rings. The fraction of sp³-hybridized carbons (Fsp3) is 0. The van der Waals surface area contributed by atoms with Crippen LogP contribution in [0.3, 0.4) is 0 Å². The van der Waals surface area contributed by atoms with E-state index in [9.17, 15) is 0 Å². The highest BCUT2D eigenvalue weighted by Gasteiger charge is 2.21. The van der Waals surface area contributed by atoms with Crippen molar-refractivity contribution < 1.29 is 4.42 Å². The number of benzene rings is 8. The molecule has 51 heavy (non-hydrogen) atoms. The van der Waals surface area contributed by atoms with Crippen LogP contribution in [0.25, 0.3) is 99.9 Å². The third-order valence-corrected chi connectivity index (χ3v) is 9.74. The van der Waals surface area contributed by atoms with Crippen LogP contribution in [0.15, 0.2) is 180 Å². The molecule has 10 rings (SSSR count). The fourth-order valence-corrected chi connectivity index (χ4v) is 7.31. The average molecular weight is 652 g/mol. The number of aromatic nitrogens is 3. The summed E-state index contributed by atoms with van der Waals surface area (Å²) in [7, 11) is 0. The minimum absolute atomic E-state index is 0.609. The van der Waals surface area contributed by atoms with Crippen molar-refractivity contribution in [3.8, 4) is 56.4 Å². The van der Waals surface area contributed by atoms with E-state index in [0.717, 1.165) is 66.1 Å². The minimum atomic E-state index is 0.609. The van der Waals surface area contributed by atoms with E-state index in [1.807, 2.05) is 48.5 Å². The van der Waals surface area contributed by atoms with E-state index in [1.165, 1.54) is 16.3 Å². The van der Waals surface area contributed by atoms with Crippen LogP contribution in [0.4, 0.5) is 0 Å². The molecule has 0 bridgehead atoms. The molecule has 8 aromatic carbocycles. The van der Waals surface area contributed by atoms with Gasteiger partial charge in [0.25, 0.3) is 0 Å². The SMILES string of the molecule is c1ccc(-c2nc(-c3ccc(-c4cccc5ccccc45)cc3)nc(-c3cc4c5ccccc5oc4c4cccc(-c5ccccc5)c34)n2)cc1. The van der Waals surface area contributed by atoms with Crippen LogP contribution >= 0.6 is 0 Å². The first-order valence-corrected chi connectivity index (χ1v) is 17.1. The van der Waals surface area contributed by atoms with E-state index in [4.69, 9.17) is 19.4 Å². The number of rotatable bonds is 5. The molecule has 0 aliphatic carbocycles. The highest BCUT2D eigenvalue weighted by atomic mass is 16.3. The first-order valence-electron chi connectivity index (χ1n) is 17.1. The molecular formula is C47H29N3O. The van der Waals surface area contributed by atoms with Crippen molar-refractivity contribution in [3.05, 3.63) is 176 Å². The van der Waals surface area contributed by atoms with Crippen LogP contribution in [-0.4, -0.2) is 15.0 Å². The summed E-state index contributed by atoms with van der Waals surface area (Å²) in [5.74, 6) is 1.85. The Balaban J connectivity index is 1.23. The summed E-state index contributed by atoms with van der Waals surface area (Å²) >= 11 is 0. The zero-order valence-corrected chi connectivity index (χ0v) is 27.5. The van der Waals surface area contributed by atoms with Gasteiger partial charge in [-0.05, 0) is 45.2 Å². The Morgan fingerprint density at radius 2 is 0.863 bits per heavy atom. The molecule has 0 N–H and O–H groups in total. The number of hydrogen-bond donors (Lipinski definition) is 0. The van der Waals surface area contributed by atoms with Crippen LogP contribution in [0.1, 0.15) is 0 Å². The zero-order valence-electron chi connectivity index (χ0n) is 27.5. The van der Waals surface area contributed by atoms with E-state index < -0.39 is 0 Å². The molecule has 10 aromatic rings. The van der Waals surface area contributed by atoms with Crippen LogP contribution in [0.2, 0.25) is 0 Å². The van der Waals surface area contributed by atoms with Crippen molar-refractivity contribution in [2.75, 3.05) is 0 Å². The number of hydrogen-bond acceptors (Lipinski definition) is 4. The summed E-state index contributed by atoms with van der Waals surface area (Å²) in [5.41, 5.74) is 9.02. The first kappa shape index (κ1) is 29.0. The predicted molar refractivity (Wildman–Crippen MR) is 209 cm³/mol. The second kappa shape index (κ2) is 11.9. The Bertz CT molecular complexity index is 2890. The summed E-state index contributed by atoms with van der Waals surface area (Å²) in [6.45, 7) is 0. The molecule has 0 spiro atoms.